The second-order valence-electron chi connectivity index (χ2n) is 4.61. The summed E-state index contributed by atoms with van der Waals surface area (Å²) in [6.07, 6.45) is -3.50. The first kappa shape index (κ1) is 17.0. The van der Waals surface area contributed by atoms with E-state index in [1.165, 1.54) is 6.07 Å². The van der Waals surface area contributed by atoms with Crippen molar-refractivity contribution in [2.45, 2.75) is 25.9 Å². The quantitative estimate of drug-likeness (QED) is 0.849. The number of carbonyl (C=O) groups is 2. The zero-order valence-corrected chi connectivity index (χ0v) is 11.4. The lowest BCUT2D eigenvalue weighted by atomic mass is 10.0. The maximum Gasteiger partial charge on any atom is 0.416 e. The maximum absolute atomic E-state index is 12.5. The highest BCUT2D eigenvalue weighted by Gasteiger charge is 2.31. The number of hydrogen-bond donors (Lipinski definition) is 2. The first-order chi connectivity index (χ1) is 9.75. The van der Waals surface area contributed by atoms with Gasteiger partial charge in [0, 0.05) is 12.1 Å². The van der Waals surface area contributed by atoms with Gasteiger partial charge in [-0.05, 0) is 24.6 Å². The molecule has 1 unspecified atom stereocenters. The lowest BCUT2D eigenvalue weighted by Gasteiger charge is -2.13. The van der Waals surface area contributed by atoms with Gasteiger partial charge in [-0.3, -0.25) is 9.59 Å². The summed E-state index contributed by atoms with van der Waals surface area (Å²) >= 11 is 0. The molecule has 0 bridgehead atoms. The Morgan fingerprint density at radius 3 is 2.52 bits per heavy atom. The number of hydrogen-bond acceptors (Lipinski definition) is 2. The minimum atomic E-state index is -4.53. The van der Waals surface area contributed by atoms with Gasteiger partial charge < -0.3 is 10.4 Å². The molecule has 0 aliphatic heterocycles. The molecule has 21 heavy (non-hydrogen) atoms. The van der Waals surface area contributed by atoms with E-state index in [1.807, 2.05) is 6.92 Å². The van der Waals surface area contributed by atoms with Crippen LogP contribution in [0.2, 0.25) is 0 Å². The number of benzene rings is 1. The van der Waals surface area contributed by atoms with Crippen LogP contribution >= 0.6 is 0 Å². The second-order valence-corrected chi connectivity index (χ2v) is 4.61. The van der Waals surface area contributed by atoms with E-state index in [9.17, 15) is 22.8 Å². The number of rotatable bonds is 6. The van der Waals surface area contributed by atoms with Crippen molar-refractivity contribution in [3.63, 3.8) is 0 Å². The lowest BCUT2D eigenvalue weighted by Crippen LogP contribution is -2.33. The molecule has 0 aromatic heterocycles. The van der Waals surface area contributed by atoms with E-state index in [4.69, 9.17) is 5.11 Å². The summed E-state index contributed by atoms with van der Waals surface area (Å²) in [7, 11) is 0. The van der Waals surface area contributed by atoms with Gasteiger partial charge in [0.25, 0.3) is 5.91 Å². The third-order valence-electron chi connectivity index (χ3n) is 2.95. The molecule has 0 saturated carbocycles. The van der Waals surface area contributed by atoms with E-state index in [0.29, 0.717) is 12.8 Å². The average molecular weight is 303 g/mol. The van der Waals surface area contributed by atoms with Crippen LogP contribution in [-0.2, 0) is 11.0 Å². The van der Waals surface area contributed by atoms with Crippen molar-refractivity contribution < 1.29 is 27.9 Å². The Morgan fingerprint density at radius 2 is 2.00 bits per heavy atom. The Bertz CT molecular complexity index is 514. The lowest BCUT2D eigenvalue weighted by molar-refractivity contribution is -0.141. The van der Waals surface area contributed by atoms with Crippen LogP contribution in [0.3, 0.4) is 0 Å². The summed E-state index contributed by atoms with van der Waals surface area (Å²) in [5.41, 5.74) is -1.07. The summed E-state index contributed by atoms with van der Waals surface area (Å²) in [4.78, 5) is 22.7. The first-order valence-corrected chi connectivity index (χ1v) is 6.44. The molecule has 1 aromatic rings. The first-order valence-electron chi connectivity index (χ1n) is 6.44. The van der Waals surface area contributed by atoms with Gasteiger partial charge in [0.05, 0.1) is 11.5 Å². The van der Waals surface area contributed by atoms with Gasteiger partial charge in [-0.25, -0.2) is 0 Å². The van der Waals surface area contributed by atoms with E-state index in [-0.39, 0.29) is 12.1 Å². The number of carbonyl (C=O) groups excluding carboxylic acids is 1. The van der Waals surface area contributed by atoms with Gasteiger partial charge in [-0.15, -0.1) is 0 Å². The van der Waals surface area contributed by atoms with E-state index in [0.717, 1.165) is 18.2 Å². The molecule has 1 rings (SSSR count). The molecular weight excluding hydrogens is 287 g/mol. The fraction of sp³-hybridized carbons (Fsp3) is 0.429. The number of carboxylic acid groups (broad SMARTS) is 1. The summed E-state index contributed by atoms with van der Waals surface area (Å²) in [6.45, 7) is 1.70. The van der Waals surface area contributed by atoms with Gasteiger partial charge in [0.2, 0.25) is 0 Å². The number of aliphatic carboxylic acids is 1. The van der Waals surface area contributed by atoms with Crippen LogP contribution in [0.15, 0.2) is 24.3 Å². The van der Waals surface area contributed by atoms with Crippen LogP contribution in [0, 0.1) is 5.92 Å². The minimum absolute atomic E-state index is 0.113. The molecule has 0 aliphatic rings. The van der Waals surface area contributed by atoms with Crippen molar-refractivity contribution in [2.75, 3.05) is 6.54 Å². The Hall–Kier alpha value is -2.05. The highest BCUT2D eigenvalue weighted by molar-refractivity contribution is 5.94. The van der Waals surface area contributed by atoms with Crippen molar-refractivity contribution in [3.05, 3.63) is 35.4 Å². The van der Waals surface area contributed by atoms with E-state index in [1.54, 1.807) is 0 Å². The molecule has 0 saturated heterocycles. The molecular formula is C14H16F3NO3. The predicted octanol–water partition coefficient (Wildman–Crippen LogP) is 2.94. The predicted molar refractivity (Wildman–Crippen MR) is 69.8 cm³/mol. The van der Waals surface area contributed by atoms with Crippen LogP contribution in [-0.4, -0.2) is 23.5 Å². The highest BCUT2D eigenvalue weighted by Crippen LogP contribution is 2.29. The molecule has 0 heterocycles. The number of nitrogens with one attached hydrogen (secondary N) is 1. The van der Waals surface area contributed by atoms with Crippen LogP contribution in [0.5, 0.6) is 0 Å². The minimum Gasteiger partial charge on any atom is -0.481 e. The number of alkyl halides is 3. The Balaban J connectivity index is 2.74. The Kier molecular flexibility index (Phi) is 5.75. The molecule has 1 aromatic carbocycles. The smallest absolute Gasteiger partial charge is 0.416 e. The molecule has 2 N–H and O–H groups in total. The van der Waals surface area contributed by atoms with Crippen LogP contribution in [0.25, 0.3) is 0 Å². The average Bonchev–Trinajstić information content (AvgIpc) is 2.42. The second kappa shape index (κ2) is 7.10. The summed E-state index contributed by atoms with van der Waals surface area (Å²) in [5, 5.41) is 11.3. The van der Waals surface area contributed by atoms with Gasteiger partial charge in [-0.1, -0.05) is 19.4 Å². The standard InChI is InChI=1S/C14H16F3NO3/c1-2-4-10(13(20)21)8-18-12(19)9-5-3-6-11(7-9)14(15,16)17/h3,5-7,10H,2,4,8H2,1H3,(H,18,19)(H,20,21). The molecule has 4 nitrogen and oxygen atoms in total. The van der Waals surface area contributed by atoms with Crippen LogP contribution in [0.4, 0.5) is 13.2 Å². The van der Waals surface area contributed by atoms with Crippen molar-refractivity contribution >= 4 is 11.9 Å². The summed E-state index contributed by atoms with van der Waals surface area (Å²) < 4.78 is 37.6. The zero-order valence-electron chi connectivity index (χ0n) is 11.4. The van der Waals surface area contributed by atoms with Gasteiger partial charge in [0.15, 0.2) is 0 Å². The molecule has 7 heteroatoms. The van der Waals surface area contributed by atoms with Gasteiger partial charge in [-0.2, -0.15) is 13.2 Å². The van der Waals surface area contributed by atoms with E-state index >= 15 is 0 Å². The molecule has 0 spiro atoms. The van der Waals surface area contributed by atoms with Crippen molar-refractivity contribution in [1.82, 2.24) is 5.32 Å². The van der Waals surface area contributed by atoms with E-state index < -0.39 is 29.5 Å². The topological polar surface area (TPSA) is 66.4 Å². The van der Waals surface area contributed by atoms with Crippen molar-refractivity contribution in [1.29, 1.82) is 0 Å². The molecule has 0 aliphatic carbocycles. The van der Waals surface area contributed by atoms with Crippen molar-refractivity contribution in [3.8, 4) is 0 Å². The van der Waals surface area contributed by atoms with E-state index in [2.05, 4.69) is 5.32 Å². The van der Waals surface area contributed by atoms with Crippen LogP contribution < -0.4 is 5.32 Å². The maximum atomic E-state index is 12.5. The highest BCUT2D eigenvalue weighted by atomic mass is 19.4. The monoisotopic (exact) mass is 303 g/mol. The molecule has 116 valence electrons. The Morgan fingerprint density at radius 1 is 1.33 bits per heavy atom. The molecule has 0 radical (unpaired) electrons. The fourth-order valence-corrected chi connectivity index (χ4v) is 1.82. The third kappa shape index (κ3) is 5.09. The van der Waals surface area contributed by atoms with Gasteiger partial charge >= 0.3 is 12.1 Å². The molecule has 0 fully saturated rings. The Labute approximate surface area is 120 Å². The summed E-state index contributed by atoms with van der Waals surface area (Å²) in [6, 6.07) is 4.00. The number of amides is 1. The summed E-state index contributed by atoms with van der Waals surface area (Å²) in [5.74, 6) is -2.51. The fourth-order valence-electron chi connectivity index (χ4n) is 1.82. The van der Waals surface area contributed by atoms with Crippen molar-refractivity contribution in [2.24, 2.45) is 5.92 Å². The molecule has 1 atom stereocenters. The normalized spacial score (nSPS) is 12.8. The number of halogens is 3. The number of carboxylic acids is 1. The third-order valence-corrected chi connectivity index (χ3v) is 2.95. The largest absolute Gasteiger partial charge is 0.481 e. The zero-order chi connectivity index (χ0) is 16.0. The van der Waals surface area contributed by atoms with Crippen LogP contribution in [0.1, 0.15) is 35.7 Å². The van der Waals surface area contributed by atoms with Gasteiger partial charge in [0.1, 0.15) is 0 Å². The SMILES string of the molecule is CCCC(CNC(=O)c1cccc(C(F)(F)F)c1)C(=O)O. The molecule has 1 amide bonds.